The van der Waals surface area contributed by atoms with Crippen LogP contribution in [0.5, 0.6) is 0 Å². The number of nitrogens with zero attached hydrogens (tertiary/aromatic N) is 1. The molecular formula is C10H18ClF2NO2S. The zero-order chi connectivity index (χ0) is 12.9. The third kappa shape index (κ3) is 4.34. The smallest absolute Gasteiger partial charge is 0.212 e. The number of sulfonamides is 1. The summed E-state index contributed by atoms with van der Waals surface area (Å²) < 4.78 is 49.9. The zero-order valence-electron chi connectivity index (χ0n) is 9.62. The van der Waals surface area contributed by atoms with Crippen LogP contribution in [0.15, 0.2) is 0 Å². The molecule has 102 valence electrons. The molecule has 0 amide bonds. The number of hydrogen-bond acceptors (Lipinski definition) is 2. The van der Waals surface area contributed by atoms with E-state index in [4.69, 9.17) is 11.6 Å². The summed E-state index contributed by atoms with van der Waals surface area (Å²) in [5.41, 5.74) is 0. The molecule has 1 aliphatic carbocycles. The predicted octanol–water partition coefficient (Wildman–Crippen LogP) is 2.45. The summed E-state index contributed by atoms with van der Waals surface area (Å²) in [5, 5.41) is -0.502. The average Bonchev–Trinajstić information content (AvgIpc) is 2.29. The van der Waals surface area contributed by atoms with Gasteiger partial charge in [0.05, 0.1) is 11.8 Å². The fourth-order valence-corrected chi connectivity index (χ4v) is 4.47. The van der Waals surface area contributed by atoms with Gasteiger partial charge in [-0.2, -0.15) is 4.31 Å². The molecule has 0 aliphatic heterocycles. The van der Waals surface area contributed by atoms with Crippen molar-refractivity contribution in [2.45, 2.75) is 43.8 Å². The number of rotatable bonds is 6. The van der Waals surface area contributed by atoms with Gasteiger partial charge in [0.2, 0.25) is 10.0 Å². The average molecular weight is 290 g/mol. The van der Waals surface area contributed by atoms with Gasteiger partial charge in [0.15, 0.2) is 0 Å². The molecule has 0 radical (unpaired) electrons. The van der Waals surface area contributed by atoms with Crippen LogP contribution in [0.3, 0.4) is 0 Å². The van der Waals surface area contributed by atoms with E-state index < -0.39 is 28.2 Å². The van der Waals surface area contributed by atoms with Crippen molar-refractivity contribution in [2.24, 2.45) is 0 Å². The second kappa shape index (κ2) is 6.85. The summed E-state index contributed by atoms with van der Waals surface area (Å²) in [6.07, 6.45) is 1.22. The Labute approximate surface area is 106 Å². The fraction of sp³-hybridized carbons (Fsp3) is 1.00. The SMILES string of the molecule is O=S(=O)(C1CCCCC1)N(CCCl)CC(F)F. The van der Waals surface area contributed by atoms with E-state index in [-0.39, 0.29) is 12.4 Å². The van der Waals surface area contributed by atoms with Crippen molar-refractivity contribution in [1.29, 1.82) is 0 Å². The van der Waals surface area contributed by atoms with Gasteiger partial charge in [0, 0.05) is 12.4 Å². The van der Waals surface area contributed by atoms with Gasteiger partial charge < -0.3 is 0 Å². The Morgan fingerprint density at radius 1 is 1.24 bits per heavy atom. The second-order valence-electron chi connectivity index (χ2n) is 4.24. The molecule has 0 saturated heterocycles. The summed E-state index contributed by atoms with van der Waals surface area (Å²) in [7, 11) is -3.61. The van der Waals surface area contributed by atoms with Crippen LogP contribution in [0.2, 0.25) is 0 Å². The monoisotopic (exact) mass is 289 g/mol. The van der Waals surface area contributed by atoms with E-state index in [1.165, 1.54) is 0 Å². The van der Waals surface area contributed by atoms with Gasteiger partial charge in [-0.1, -0.05) is 19.3 Å². The molecule has 17 heavy (non-hydrogen) atoms. The maximum Gasteiger partial charge on any atom is 0.252 e. The van der Waals surface area contributed by atoms with Crippen LogP contribution < -0.4 is 0 Å². The standard InChI is InChI=1S/C10H18ClF2NO2S/c11-6-7-14(8-10(12)13)17(15,16)9-4-2-1-3-5-9/h9-10H,1-8H2. The first-order valence-electron chi connectivity index (χ1n) is 5.81. The third-order valence-corrected chi connectivity index (χ3v) is 5.54. The van der Waals surface area contributed by atoms with E-state index in [2.05, 4.69) is 0 Å². The minimum absolute atomic E-state index is 0.0370. The molecule has 1 saturated carbocycles. The summed E-state index contributed by atoms with van der Waals surface area (Å²) in [4.78, 5) is 0. The highest BCUT2D eigenvalue weighted by Gasteiger charge is 2.33. The first-order chi connectivity index (χ1) is 7.98. The normalized spacial score (nSPS) is 19.1. The molecule has 0 unspecified atom stereocenters. The van der Waals surface area contributed by atoms with Crippen molar-refractivity contribution in [1.82, 2.24) is 4.31 Å². The lowest BCUT2D eigenvalue weighted by Crippen LogP contribution is -2.43. The highest BCUT2D eigenvalue weighted by molar-refractivity contribution is 7.89. The van der Waals surface area contributed by atoms with Crippen molar-refractivity contribution in [3.05, 3.63) is 0 Å². The van der Waals surface area contributed by atoms with Crippen LogP contribution in [0.4, 0.5) is 8.78 Å². The Kier molecular flexibility index (Phi) is 6.09. The van der Waals surface area contributed by atoms with Gasteiger partial charge in [-0.05, 0) is 12.8 Å². The van der Waals surface area contributed by atoms with Crippen LogP contribution in [0, 0.1) is 0 Å². The van der Waals surface area contributed by atoms with Gasteiger partial charge in [0.1, 0.15) is 0 Å². The summed E-state index contributed by atoms with van der Waals surface area (Å²) in [6, 6.07) is 0. The van der Waals surface area contributed by atoms with E-state index in [0.29, 0.717) is 12.8 Å². The number of hydrogen-bond donors (Lipinski definition) is 0. The Morgan fingerprint density at radius 3 is 2.29 bits per heavy atom. The molecule has 1 rings (SSSR count). The second-order valence-corrected chi connectivity index (χ2v) is 6.83. The van der Waals surface area contributed by atoms with Crippen LogP contribution >= 0.6 is 11.6 Å². The molecule has 0 aromatic carbocycles. The van der Waals surface area contributed by atoms with Crippen molar-refractivity contribution in [2.75, 3.05) is 19.0 Å². The molecule has 0 N–H and O–H groups in total. The first-order valence-corrected chi connectivity index (χ1v) is 7.85. The minimum atomic E-state index is -3.61. The molecular weight excluding hydrogens is 272 g/mol. The zero-order valence-corrected chi connectivity index (χ0v) is 11.2. The molecule has 0 spiro atoms. The van der Waals surface area contributed by atoms with E-state index in [1.54, 1.807) is 0 Å². The van der Waals surface area contributed by atoms with E-state index in [9.17, 15) is 17.2 Å². The lowest BCUT2D eigenvalue weighted by molar-refractivity contribution is 0.121. The maximum atomic E-state index is 12.4. The third-order valence-electron chi connectivity index (χ3n) is 3.01. The van der Waals surface area contributed by atoms with E-state index in [0.717, 1.165) is 23.6 Å². The van der Waals surface area contributed by atoms with Gasteiger partial charge in [0.25, 0.3) is 6.43 Å². The van der Waals surface area contributed by atoms with Crippen LogP contribution in [-0.2, 0) is 10.0 Å². The highest BCUT2D eigenvalue weighted by Crippen LogP contribution is 2.26. The van der Waals surface area contributed by atoms with E-state index >= 15 is 0 Å². The van der Waals surface area contributed by atoms with Gasteiger partial charge in [-0.25, -0.2) is 17.2 Å². The van der Waals surface area contributed by atoms with Crippen LogP contribution in [-0.4, -0.2) is 43.4 Å². The molecule has 0 aromatic rings. The Morgan fingerprint density at radius 2 is 1.82 bits per heavy atom. The van der Waals surface area contributed by atoms with Gasteiger partial charge in [-0.3, -0.25) is 0 Å². The fourth-order valence-electron chi connectivity index (χ4n) is 2.14. The summed E-state index contributed by atoms with van der Waals surface area (Å²) in [5.74, 6) is 0.0403. The lowest BCUT2D eigenvalue weighted by atomic mass is 10.0. The quantitative estimate of drug-likeness (QED) is 0.705. The summed E-state index contributed by atoms with van der Waals surface area (Å²) >= 11 is 5.47. The molecule has 3 nitrogen and oxygen atoms in total. The largest absolute Gasteiger partial charge is 0.252 e. The van der Waals surface area contributed by atoms with Crippen molar-refractivity contribution < 1.29 is 17.2 Å². The highest BCUT2D eigenvalue weighted by atomic mass is 35.5. The molecule has 1 fully saturated rings. The van der Waals surface area contributed by atoms with Gasteiger partial charge >= 0.3 is 0 Å². The Hall–Kier alpha value is 0.0600. The Balaban J connectivity index is 2.74. The Bertz CT molecular complexity index is 318. The van der Waals surface area contributed by atoms with Crippen molar-refractivity contribution in [3.63, 3.8) is 0 Å². The lowest BCUT2D eigenvalue weighted by Gasteiger charge is -2.29. The van der Waals surface area contributed by atoms with Crippen LogP contribution in [0.25, 0.3) is 0 Å². The first kappa shape index (κ1) is 15.1. The molecule has 1 aliphatic rings. The number of halogens is 3. The van der Waals surface area contributed by atoms with Gasteiger partial charge in [-0.15, -0.1) is 11.6 Å². The minimum Gasteiger partial charge on any atom is -0.212 e. The molecule has 0 bridgehead atoms. The molecule has 0 aromatic heterocycles. The van der Waals surface area contributed by atoms with E-state index in [1.807, 2.05) is 0 Å². The molecule has 7 heteroatoms. The topological polar surface area (TPSA) is 37.4 Å². The summed E-state index contributed by atoms with van der Waals surface area (Å²) in [6.45, 7) is -0.781. The maximum absolute atomic E-state index is 12.4. The van der Waals surface area contributed by atoms with Crippen LogP contribution in [0.1, 0.15) is 32.1 Å². The predicted molar refractivity (Wildman–Crippen MR) is 64.1 cm³/mol. The molecule has 0 atom stereocenters. The molecule has 0 heterocycles. The number of alkyl halides is 3. The van der Waals surface area contributed by atoms with Crippen molar-refractivity contribution >= 4 is 21.6 Å². The van der Waals surface area contributed by atoms with Crippen molar-refractivity contribution in [3.8, 4) is 0 Å².